The van der Waals surface area contributed by atoms with Crippen LogP contribution in [0.4, 0.5) is 0 Å². The molecular weight excluding hydrogens is 1100 g/mol. The maximum absolute atomic E-state index is 15.2. The first kappa shape index (κ1) is 76.0. The van der Waals surface area contributed by atoms with Gasteiger partial charge in [-0.2, -0.15) is 0 Å². The molecule has 1 aromatic carbocycles. The second-order valence-electron chi connectivity index (χ2n) is 27.1. The molecule has 1 aliphatic rings. The fraction of sp³-hybridized carbons (Fsp3) is 0.754. The highest BCUT2D eigenvalue weighted by atomic mass is 16.6. The number of ether oxygens (including phenoxy) is 1. The molecule has 0 unspecified atom stereocenters. The van der Waals surface area contributed by atoms with Crippen molar-refractivity contribution in [2.24, 2.45) is 29.6 Å². The Hall–Kier alpha value is -6.12. The van der Waals surface area contributed by atoms with Gasteiger partial charge in [0.15, 0.2) is 6.10 Å². The van der Waals surface area contributed by atoms with Crippen molar-refractivity contribution in [2.75, 3.05) is 70.0 Å². The van der Waals surface area contributed by atoms with E-state index in [-0.39, 0.29) is 61.3 Å². The molecule has 21 nitrogen and oxygen atoms in total. The summed E-state index contributed by atoms with van der Waals surface area (Å²) in [4.78, 5) is 157. The average molecular weight is 1210 g/mol. The molecule has 1 aliphatic heterocycles. The lowest BCUT2D eigenvalue weighted by molar-refractivity contribution is -0.169. The number of benzene rings is 1. The molecular formula is C65H112N10O11. The van der Waals surface area contributed by atoms with Crippen LogP contribution in [0.2, 0.25) is 0 Å². The van der Waals surface area contributed by atoms with Crippen LogP contribution in [0.25, 0.3) is 0 Å². The summed E-state index contributed by atoms with van der Waals surface area (Å²) in [7, 11) is 14.0. The summed E-state index contributed by atoms with van der Waals surface area (Å²) in [6, 6.07) is -1.69. The Kier molecular flexibility index (Phi) is 29.4. The Morgan fingerprint density at radius 2 is 1.23 bits per heavy atom. The van der Waals surface area contributed by atoms with Crippen LogP contribution in [0.1, 0.15) is 160 Å². The van der Waals surface area contributed by atoms with Gasteiger partial charge < -0.3 is 49.7 Å². The quantitative estimate of drug-likeness (QED) is 0.165. The zero-order valence-electron chi connectivity index (χ0n) is 57.2. The standard InChI is InChI=1S/C65H112N10O11/c1-26-42(10)53-56(77)66-43(11)57(78)73(23)50(35-38(2)3)55(76)67-48(37-46-30-32-47(33-31-46)65(14,15)16)60(81)69(19)34-28-27-29-49(61(82)70(20)45(13)59(80)75(53)25)72(22)62(83)51(36-39(4)5)74(24)58(79)44(12)71(21)63(84)54(41(8)9)86-64(85)52(40(6)7)68(17)18/h30-33,38-45,48-54H,26-29,34-37H2,1-25H3,(H,66,77)(H,67,76)/t42-,43-,44-,45-,48-,49-,50-,51-,52-,53-,54+/m0/s1. The van der Waals surface area contributed by atoms with E-state index in [1.807, 2.05) is 79.7 Å². The van der Waals surface area contributed by atoms with Gasteiger partial charge in [0.2, 0.25) is 47.3 Å². The number of amides is 9. The van der Waals surface area contributed by atoms with Crippen LogP contribution in [0.3, 0.4) is 0 Å². The Bertz CT molecular complexity index is 2470. The van der Waals surface area contributed by atoms with Crippen molar-refractivity contribution < 1.29 is 52.7 Å². The predicted octanol–water partition coefficient (Wildman–Crippen LogP) is 5.45. The number of likely N-dealkylation sites (N-methyl/N-ethyl adjacent to an activating group) is 8. The Balaban J connectivity index is 2.80. The van der Waals surface area contributed by atoms with E-state index in [0.717, 1.165) is 11.1 Å². The van der Waals surface area contributed by atoms with Gasteiger partial charge in [-0.05, 0) is 113 Å². The summed E-state index contributed by atoms with van der Waals surface area (Å²) in [6.45, 7) is 29.7. The van der Waals surface area contributed by atoms with Crippen molar-refractivity contribution in [1.29, 1.82) is 0 Å². The van der Waals surface area contributed by atoms with E-state index in [9.17, 15) is 38.4 Å². The number of carbonyl (C=O) groups excluding carboxylic acids is 10. The summed E-state index contributed by atoms with van der Waals surface area (Å²) in [5.41, 5.74) is 1.76. The molecule has 2 rings (SSSR count). The minimum Gasteiger partial charge on any atom is -0.451 e. The van der Waals surface area contributed by atoms with Gasteiger partial charge in [0.25, 0.3) is 5.91 Å². The first-order valence-corrected chi connectivity index (χ1v) is 31.1. The third-order valence-corrected chi connectivity index (χ3v) is 17.2. The van der Waals surface area contributed by atoms with Crippen molar-refractivity contribution in [2.45, 2.75) is 222 Å². The van der Waals surface area contributed by atoms with E-state index in [1.54, 1.807) is 53.7 Å². The zero-order valence-corrected chi connectivity index (χ0v) is 57.2. The monoisotopic (exact) mass is 1210 g/mol. The van der Waals surface area contributed by atoms with E-state index >= 15 is 9.59 Å². The highest BCUT2D eigenvalue weighted by molar-refractivity contribution is 5.98. The molecule has 0 aromatic heterocycles. The van der Waals surface area contributed by atoms with E-state index in [1.165, 1.54) is 83.5 Å². The molecule has 86 heavy (non-hydrogen) atoms. The molecule has 488 valence electrons. The van der Waals surface area contributed by atoms with Crippen LogP contribution in [-0.4, -0.2) is 229 Å². The molecule has 11 atom stereocenters. The summed E-state index contributed by atoms with van der Waals surface area (Å²) >= 11 is 0. The van der Waals surface area contributed by atoms with Gasteiger partial charge >= 0.3 is 5.97 Å². The van der Waals surface area contributed by atoms with Crippen LogP contribution in [0.15, 0.2) is 24.3 Å². The van der Waals surface area contributed by atoms with Gasteiger partial charge in [-0.3, -0.25) is 52.8 Å². The maximum atomic E-state index is 15.2. The molecule has 0 bridgehead atoms. The second-order valence-corrected chi connectivity index (χ2v) is 27.1. The van der Waals surface area contributed by atoms with Crippen LogP contribution < -0.4 is 10.6 Å². The normalized spacial score (nSPS) is 22.5. The third-order valence-electron chi connectivity index (χ3n) is 17.2. The molecule has 0 radical (unpaired) electrons. The van der Waals surface area contributed by atoms with Gasteiger partial charge in [-0.1, -0.05) is 121 Å². The summed E-state index contributed by atoms with van der Waals surface area (Å²) < 4.78 is 5.87. The first-order chi connectivity index (χ1) is 39.7. The number of esters is 1. The van der Waals surface area contributed by atoms with E-state index < -0.39 is 126 Å². The Morgan fingerprint density at radius 3 is 1.72 bits per heavy atom. The molecule has 1 aromatic rings. The number of nitrogens with one attached hydrogen (secondary N) is 2. The lowest BCUT2D eigenvalue weighted by Gasteiger charge is -2.40. The van der Waals surface area contributed by atoms with Gasteiger partial charge in [-0.15, -0.1) is 0 Å². The Morgan fingerprint density at radius 1 is 0.663 bits per heavy atom. The van der Waals surface area contributed by atoms with Gasteiger partial charge in [0, 0.05) is 62.3 Å². The van der Waals surface area contributed by atoms with E-state index in [2.05, 4.69) is 31.4 Å². The molecule has 0 aliphatic carbocycles. The fourth-order valence-corrected chi connectivity index (χ4v) is 11.2. The number of hydrogen-bond donors (Lipinski definition) is 2. The predicted molar refractivity (Wildman–Crippen MR) is 336 cm³/mol. The summed E-state index contributed by atoms with van der Waals surface area (Å²) in [6.07, 6.45) is 0.523. The molecule has 9 amide bonds. The third kappa shape index (κ3) is 20.2. The maximum Gasteiger partial charge on any atom is 0.324 e. The second kappa shape index (κ2) is 33.3. The molecule has 1 heterocycles. The van der Waals surface area contributed by atoms with Crippen LogP contribution >= 0.6 is 0 Å². The molecule has 1 saturated heterocycles. The lowest BCUT2D eigenvalue weighted by Crippen LogP contribution is -2.61. The molecule has 2 N–H and O–H groups in total. The fourth-order valence-electron chi connectivity index (χ4n) is 11.2. The minimum absolute atomic E-state index is 0.0575. The topological polar surface area (TPSA) is 230 Å². The number of nitrogens with zero attached hydrogens (tertiary/aromatic N) is 8. The van der Waals surface area contributed by atoms with Crippen molar-refractivity contribution >= 4 is 59.1 Å². The number of hydrogen-bond acceptors (Lipinski definition) is 12. The highest BCUT2D eigenvalue weighted by Crippen LogP contribution is 2.26. The van der Waals surface area contributed by atoms with Crippen LogP contribution in [0, 0.1) is 29.6 Å². The smallest absolute Gasteiger partial charge is 0.324 e. The first-order valence-electron chi connectivity index (χ1n) is 31.1. The number of rotatable bonds is 19. The van der Waals surface area contributed by atoms with E-state index in [0.29, 0.717) is 19.3 Å². The van der Waals surface area contributed by atoms with Crippen LogP contribution in [0.5, 0.6) is 0 Å². The summed E-state index contributed by atoms with van der Waals surface area (Å²) in [5, 5.41) is 5.84. The molecule has 21 heteroatoms. The SMILES string of the molecule is CC[C@H](C)[C@H]1C(=O)N[C@@H](C)C(=O)N(C)[C@@H](CC(C)C)C(=O)N[C@@H](Cc2ccc(C(C)(C)C)cc2)C(=O)N(C)CCCC[C@H](N(C)C(=O)[C@H](CC(C)C)N(C)C(=O)[C@H](C)N(C)C(=O)[C@H](OC(=O)[C@H](C(C)C)N(C)C)C(C)C)C(=O)N(C)[C@@H](C)C(=O)N1C. The lowest BCUT2D eigenvalue weighted by atomic mass is 9.86. The van der Waals surface area contributed by atoms with Crippen molar-refractivity contribution in [1.82, 2.24) is 49.8 Å². The highest BCUT2D eigenvalue weighted by Gasteiger charge is 2.44. The molecule has 0 spiro atoms. The van der Waals surface area contributed by atoms with Gasteiger partial charge in [0.05, 0.1) is 0 Å². The van der Waals surface area contributed by atoms with Crippen molar-refractivity contribution in [3.63, 3.8) is 0 Å². The Labute approximate surface area is 516 Å². The molecule has 1 fully saturated rings. The molecule has 0 saturated carbocycles. The minimum atomic E-state index is -1.21. The van der Waals surface area contributed by atoms with E-state index in [4.69, 9.17) is 4.74 Å². The average Bonchev–Trinajstić information content (AvgIpc) is 2.33. The summed E-state index contributed by atoms with van der Waals surface area (Å²) in [5.74, 6) is -6.77. The van der Waals surface area contributed by atoms with Gasteiger partial charge in [-0.25, -0.2) is 0 Å². The van der Waals surface area contributed by atoms with Gasteiger partial charge in [0.1, 0.15) is 54.4 Å². The van der Waals surface area contributed by atoms with Crippen molar-refractivity contribution in [3.05, 3.63) is 35.4 Å². The largest absolute Gasteiger partial charge is 0.451 e. The van der Waals surface area contributed by atoms with Crippen LogP contribution in [-0.2, 0) is 64.5 Å². The zero-order chi connectivity index (χ0) is 66.3. The number of carbonyl (C=O) groups is 10. The van der Waals surface area contributed by atoms with Crippen molar-refractivity contribution in [3.8, 4) is 0 Å².